The fourth-order valence-electron chi connectivity index (χ4n) is 6.39. The fourth-order valence-corrected chi connectivity index (χ4v) is 6.39. The minimum atomic E-state index is 0.0335. The third-order valence-electron chi connectivity index (χ3n) is 8.41. The molecule has 3 aliphatic rings. The molecule has 4 heteroatoms. The van der Waals surface area contributed by atoms with Crippen molar-refractivity contribution in [3.05, 3.63) is 47.0 Å². The molecule has 0 atom stereocenters. The lowest BCUT2D eigenvalue weighted by Gasteiger charge is -2.54. The largest absolute Gasteiger partial charge is 0.496 e. The van der Waals surface area contributed by atoms with E-state index in [-0.39, 0.29) is 5.41 Å². The predicted molar refractivity (Wildman–Crippen MR) is 135 cm³/mol. The Labute approximate surface area is 204 Å². The highest BCUT2D eigenvalue weighted by atomic mass is 16.5. The van der Waals surface area contributed by atoms with Gasteiger partial charge in [-0.2, -0.15) is 10.5 Å². The maximum absolute atomic E-state index is 10.2. The Morgan fingerprint density at radius 3 is 2.12 bits per heavy atom. The van der Waals surface area contributed by atoms with Crippen LogP contribution in [0.1, 0.15) is 94.7 Å². The van der Waals surface area contributed by atoms with Gasteiger partial charge in [0.25, 0.3) is 0 Å². The van der Waals surface area contributed by atoms with Crippen molar-refractivity contribution < 1.29 is 9.47 Å². The van der Waals surface area contributed by atoms with Crippen LogP contribution in [0.4, 0.5) is 0 Å². The van der Waals surface area contributed by atoms with E-state index in [1.807, 2.05) is 24.3 Å². The summed E-state index contributed by atoms with van der Waals surface area (Å²) in [6, 6.07) is 14.7. The minimum absolute atomic E-state index is 0.0335. The number of fused-ring (bicyclic) bond motifs is 3. The first-order valence-corrected chi connectivity index (χ1v) is 12.8. The van der Waals surface area contributed by atoms with Crippen LogP contribution in [0.2, 0.25) is 0 Å². The average molecular weight is 457 g/mol. The summed E-state index contributed by atoms with van der Waals surface area (Å²) in [5.74, 6) is 1.41. The van der Waals surface area contributed by atoms with Crippen LogP contribution < -0.4 is 9.47 Å². The van der Waals surface area contributed by atoms with E-state index in [0.717, 1.165) is 54.5 Å². The molecule has 0 radical (unpaired) electrons. The molecule has 0 amide bonds. The second-order valence-electron chi connectivity index (χ2n) is 10.2. The van der Waals surface area contributed by atoms with Crippen LogP contribution in [0.15, 0.2) is 30.3 Å². The van der Waals surface area contributed by atoms with Gasteiger partial charge in [-0.15, -0.1) is 0 Å². The van der Waals surface area contributed by atoms with Crippen molar-refractivity contribution in [2.75, 3.05) is 13.7 Å². The van der Waals surface area contributed by atoms with E-state index in [4.69, 9.17) is 9.47 Å². The monoisotopic (exact) mass is 456 g/mol. The first-order valence-electron chi connectivity index (χ1n) is 12.8. The molecule has 0 heterocycles. The zero-order valence-corrected chi connectivity index (χ0v) is 20.9. The quantitative estimate of drug-likeness (QED) is 0.363. The highest BCUT2D eigenvalue weighted by Gasteiger charge is 2.49. The number of rotatable bonds is 9. The molecular weight excluding hydrogens is 420 g/mol. The molecule has 0 saturated heterocycles. The van der Waals surface area contributed by atoms with Crippen molar-refractivity contribution in [3.8, 4) is 34.8 Å². The number of unbranched alkanes of at least 4 members (excludes halogenated alkanes) is 1. The molecule has 3 aliphatic carbocycles. The third-order valence-corrected chi connectivity index (χ3v) is 8.41. The number of nitrogens with zero attached hydrogens (tertiary/aromatic N) is 2. The van der Waals surface area contributed by atoms with Gasteiger partial charge in [0.1, 0.15) is 23.6 Å². The summed E-state index contributed by atoms with van der Waals surface area (Å²) in [6.45, 7) is 5.08. The van der Waals surface area contributed by atoms with E-state index in [1.165, 1.54) is 32.1 Å². The smallest absolute Gasteiger partial charge is 0.130 e. The summed E-state index contributed by atoms with van der Waals surface area (Å²) in [6.07, 6.45) is 11.7. The van der Waals surface area contributed by atoms with Gasteiger partial charge in [0, 0.05) is 17.2 Å². The number of benzene rings is 2. The normalized spacial score (nSPS) is 23.2. The van der Waals surface area contributed by atoms with Crippen molar-refractivity contribution in [2.24, 2.45) is 5.41 Å². The molecule has 178 valence electrons. The predicted octanol–water partition coefficient (Wildman–Crippen LogP) is 7.68. The van der Waals surface area contributed by atoms with Crippen molar-refractivity contribution in [1.82, 2.24) is 0 Å². The number of hydrogen-bond donors (Lipinski definition) is 0. The highest BCUT2D eigenvalue weighted by Crippen LogP contribution is 2.60. The molecule has 5 rings (SSSR count). The molecule has 0 N–H and O–H groups in total. The number of ether oxygens (including phenoxy) is 2. The van der Waals surface area contributed by atoms with Gasteiger partial charge < -0.3 is 9.47 Å². The zero-order chi connectivity index (χ0) is 24.2. The number of methoxy groups -OCH3 is 1. The van der Waals surface area contributed by atoms with E-state index in [0.29, 0.717) is 28.9 Å². The Bertz CT molecular complexity index is 1100. The summed E-state index contributed by atoms with van der Waals surface area (Å²) in [4.78, 5) is 0. The van der Waals surface area contributed by atoms with Crippen LogP contribution in [-0.4, -0.2) is 13.7 Å². The second kappa shape index (κ2) is 10.1. The van der Waals surface area contributed by atoms with E-state index in [9.17, 15) is 10.5 Å². The summed E-state index contributed by atoms with van der Waals surface area (Å²) < 4.78 is 11.5. The van der Waals surface area contributed by atoms with Gasteiger partial charge in [0.05, 0.1) is 24.8 Å². The van der Waals surface area contributed by atoms with Gasteiger partial charge in [-0.05, 0) is 79.9 Å². The van der Waals surface area contributed by atoms with Crippen molar-refractivity contribution >= 4 is 0 Å². The first kappa shape index (κ1) is 24.2. The molecule has 0 unspecified atom stereocenters. The lowest BCUT2D eigenvalue weighted by atomic mass is 9.50. The number of hydrogen-bond acceptors (Lipinski definition) is 4. The summed E-state index contributed by atoms with van der Waals surface area (Å²) in [5.41, 5.74) is 4.21. The third kappa shape index (κ3) is 4.27. The van der Waals surface area contributed by atoms with Crippen LogP contribution in [0, 0.1) is 28.1 Å². The fraction of sp³-hybridized carbons (Fsp3) is 0.533. The Balaban J connectivity index is 1.72. The number of nitriles is 2. The molecule has 34 heavy (non-hydrogen) atoms. The Hall–Kier alpha value is -2.98. The molecule has 0 aromatic heterocycles. The molecule has 0 spiro atoms. The average Bonchev–Trinajstić information content (AvgIpc) is 2.89. The van der Waals surface area contributed by atoms with Gasteiger partial charge in [0.15, 0.2) is 0 Å². The van der Waals surface area contributed by atoms with Gasteiger partial charge in [-0.25, -0.2) is 0 Å². The topological polar surface area (TPSA) is 66.0 Å². The summed E-state index contributed by atoms with van der Waals surface area (Å²) >= 11 is 0. The minimum Gasteiger partial charge on any atom is -0.496 e. The van der Waals surface area contributed by atoms with E-state index >= 15 is 0 Å². The zero-order valence-electron chi connectivity index (χ0n) is 20.9. The second-order valence-corrected chi connectivity index (χ2v) is 10.2. The Kier molecular flexibility index (Phi) is 7.18. The van der Waals surface area contributed by atoms with E-state index in [1.54, 1.807) is 7.11 Å². The van der Waals surface area contributed by atoms with Crippen LogP contribution in [0.5, 0.6) is 11.5 Å². The summed E-state index contributed by atoms with van der Waals surface area (Å²) in [7, 11) is 1.63. The van der Waals surface area contributed by atoms with Crippen LogP contribution in [-0.2, 0) is 5.41 Å². The molecular formula is C30H36N2O2. The maximum atomic E-state index is 10.2. The first-order chi connectivity index (χ1) is 16.5. The molecule has 0 aliphatic heterocycles. The van der Waals surface area contributed by atoms with Gasteiger partial charge in [-0.3, -0.25) is 0 Å². The van der Waals surface area contributed by atoms with Crippen LogP contribution in [0.25, 0.3) is 11.1 Å². The molecule has 2 bridgehead atoms. The molecule has 3 saturated carbocycles. The van der Waals surface area contributed by atoms with Crippen LogP contribution in [0.3, 0.4) is 0 Å². The molecule has 2 aromatic carbocycles. The SMILES string of the molecule is CCCCOc1ccc(-c2ccc(C34CCC(CCC)(CC3)CC4)c(C#N)c2C#N)c(OC)c1. The van der Waals surface area contributed by atoms with Gasteiger partial charge >= 0.3 is 0 Å². The molecule has 4 nitrogen and oxygen atoms in total. The lowest BCUT2D eigenvalue weighted by Crippen LogP contribution is -2.44. The van der Waals surface area contributed by atoms with E-state index in [2.05, 4.69) is 32.1 Å². The lowest BCUT2D eigenvalue weighted by molar-refractivity contribution is 0.0319. The van der Waals surface area contributed by atoms with E-state index < -0.39 is 0 Å². The van der Waals surface area contributed by atoms with Crippen molar-refractivity contribution in [3.63, 3.8) is 0 Å². The van der Waals surface area contributed by atoms with Gasteiger partial charge in [0.2, 0.25) is 0 Å². The highest BCUT2D eigenvalue weighted by molar-refractivity contribution is 5.80. The Morgan fingerprint density at radius 2 is 1.53 bits per heavy atom. The molecule has 3 fully saturated rings. The van der Waals surface area contributed by atoms with Crippen molar-refractivity contribution in [1.29, 1.82) is 10.5 Å². The van der Waals surface area contributed by atoms with Gasteiger partial charge in [-0.1, -0.05) is 38.8 Å². The standard InChI is InChI=1S/C30H36N2O2/c1-4-6-18-34-22-7-8-24(28(19-22)33-3)23-9-10-27(26(21-32)25(23)20-31)30-15-12-29(11-5-2,13-16-30)14-17-30/h7-10,19H,4-6,11-18H2,1-3H3. The molecule has 2 aromatic rings. The Morgan fingerprint density at radius 1 is 0.853 bits per heavy atom. The summed E-state index contributed by atoms with van der Waals surface area (Å²) in [5, 5.41) is 20.4. The maximum Gasteiger partial charge on any atom is 0.130 e. The van der Waals surface area contributed by atoms with Crippen LogP contribution >= 0.6 is 0 Å². The van der Waals surface area contributed by atoms with Crippen molar-refractivity contribution in [2.45, 2.75) is 83.5 Å².